The zero-order chi connectivity index (χ0) is 26.7. The number of nitrogens with zero attached hydrogens (tertiary/aromatic N) is 1. The predicted octanol–water partition coefficient (Wildman–Crippen LogP) is 6.13. The molecule has 0 aliphatic heterocycles. The maximum Gasteiger partial charge on any atom is 0.416 e. The molecule has 5 nitrogen and oxygen atoms in total. The molecule has 8 heteroatoms. The Labute approximate surface area is 213 Å². The van der Waals surface area contributed by atoms with Crippen molar-refractivity contribution in [3.8, 4) is 16.9 Å². The van der Waals surface area contributed by atoms with Gasteiger partial charge in [0.1, 0.15) is 5.75 Å². The minimum atomic E-state index is -4.55. The van der Waals surface area contributed by atoms with Gasteiger partial charge < -0.3 is 14.4 Å². The molecule has 1 amide bonds. The first-order valence-electron chi connectivity index (χ1n) is 11.9. The first-order chi connectivity index (χ1) is 17.6. The van der Waals surface area contributed by atoms with Gasteiger partial charge in [-0.25, -0.2) is 0 Å². The molecule has 3 aromatic carbocycles. The second kappa shape index (κ2) is 10.7. The van der Waals surface area contributed by atoms with E-state index < -0.39 is 17.7 Å². The number of ether oxygens (including phenoxy) is 2. The molecule has 4 rings (SSSR count). The highest BCUT2D eigenvalue weighted by Gasteiger charge is 2.33. The van der Waals surface area contributed by atoms with Crippen LogP contribution in [0.1, 0.15) is 47.2 Å². The lowest BCUT2D eigenvalue weighted by molar-refractivity contribution is -0.140. The van der Waals surface area contributed by atoms with Crippen LogP contribution >= 0.6 is 0 Å². The average Bonchev–Trinajstić information content (AvgIpc) is 3.30. The number of amides is 1. The molecule has 1 atom stereocenters. The van der Waals surface area contributed by atoms with Gasteiger partial charge in [0.05, 0.1) is 32.2 Å². The van der Waals surface area contributed by atoms with Gasteiger partial charge in [0.25, 0.3) is 0 Å². The van der Waals surface area contributed by atoms with Crippen molar-refractivity contribution in [1.29, 1.82) is 0 Å². The second-order valence-electron chi connectivity index (χ2n) is 9.06. The fraction of sp³-hybridized carbons (Fsp3) is 0.310. The summed E-state index contributed by atoms with van der Waals surface area (Å²) in [4.78, 5) is 26.3. The molecule has 0 N–H and O–H groups in total. The molecule has 194 valence electrons. The molecule has 37 heavy (non-hydrogen) atoms. The molecule has 0 aromatic heterocycles. The SMILES string of the molecule is COC(=O)Cc1ccc(OC)c(-c2ccc(C(F)(F)F)cc2CN(C(C)=O)[C@@H]2CCc3ccccc32)c1. The molecule has 0 saturated heterocycles. The van der Waals surface area contributed by atoms with Crippen LogP contribution in [0.25, 0.3) is 11.1 Å². The molecule has 0 fully saturated rings. The third kappa shape index (κ3) is 5.63. The van der Waals surface area contributed by atoms with Gasteiger partial charge in [-0.1, -0.05) is 36.4 Å². The largest absolute Gasteiger partial charge is 0.496 e. The lowest BCUT2D eigenvalue weighted by atomic mass is 9.93. The highest BCUT2D eigenvalue weighted by molar-refractivity contribution is 5.79. The molecule has 0 unspecified atom stereocenters. The van der Waals surface area contributed by atoms with Crippen molar-refractivity contribution in [2.45, 2.75) is 44.9 Å². The Bertz CT molecular complexity index is 1320. The van der Waals surface area contributed by atoms with Gasteiger partial charge in [0.15, 0.2) is 0 Å². The summed E-state index contributed by atoms with van der Waals surface area (Å²) in [7, 11) is 2.76. The first-order valence-corrected chi connectivity index (χ1v) is 11.9. The van der Waals surface area contributed by atoms with Crippen LogP contribution in [0.2, 0.25) is 0 Å². The highest BCUT2D eigenvalue weighted by atomic mass is 19.4. The summed E-state index contributed by atoms with van der Waals surface area (Å²) in [5, 5.41) is 0. The molecule has 1 aliphatic carbocycles. The van der Waals surface area contributed by atoms with E-state index in [-0.39, 0.29) is 24.9 Å². The summed E-state index contributed by atoms with van der Waals surface area (Å²) in [6, 6.07) is 16.2. The van der Waals surface area contributed by atoms with Gasteiger partial charge in [0.2, 0.25) is 5.91 Å². The monoisotopic (exact) mass is 511 g/mol. The topological polar surface area (TPSA) is 55.8 Å². The zero-order valence-corrected chi connectivity index (χ0v) is 20.9. The number of carbonyl (C=O) groups excluding carboxylic acids is 2. The standard InChI is InChI=1S/C29H28F3NO4/c1-18(34)33(26-12-9-20-6-4-5-7-24(20)26)17-21-16-22(29(30,31)32)10-11-23(21)25-14-19(15-28(35)37-3)8-13-27(25)36-2/h4-8,10-11,13-14,16,26H,9,12,15,17H2,1-3H3/t26-/m1/s1. The van der Waals surface area contributed by atoms with E-state index in [1.807, 2.05) is 24.3 Å². The number of benzene rings is 3. The van der Waals surface area contributed by atoms with E-state index in [1.165, 1.54) is 27.2 Å². The lowest BCUT2D eigenvalue weighted by Crippen LogP contribution is -2.32. The lowest BCUT2D eigenvalue weighted by Gasteiger charge is -2.30. The first kappa shape index (κ1) is 26.3. The van der Waals surface area contributed by atoms with Crippen LogP contribution in [0.4, 0.5) is 13.2 Å². The van der Waals surface area contributed by atoms with Gasteiger partial charge in [-0.15, -0.1) is 0 Å². The maximum absolute atomic E-state index is 13.7. The Hall–Kier alpha value is -3.81. The van der Waals surface area contributed by atoms with Crippen molar-refractivity contribution >= 4 is 11.9 Å². The number of fused-ring (bicyclic) bond motifs is 1. The average molecular weight is 512 g/mol. The maximum atomic E-state index is 13.7. The molecule has 1 aliphatic rings. The van der Waals surface area contributed by atoms with Gasteiger partial charge in [0, 0.05) is 19.0 Å². The number of esters is 1. The summed E-state index contributed by atoms with van der Waals surface area (Å²) in [5.41, 5.74) is 3.34. The van der Waals surface area contributed by atoms with Crippen molar-refractivity contribution in [3.63, 3.8) is 0 Å². The number of halogens is 3. The van der Waals surface area contributed by atoms with Crippen molar-refractivity contribution in [3.05, 3.63) is 88.5 Å². The van der Waals surface area contributed by atoms with Crippen LogP contribution in [0, 0.1) is 0 Å². The van der Waals surface area contributed by atoms with Crippen LogP contribution < -0.4 is 4.74 Å². The molecule has 0 heterocycles. The van der Waals surface area contributed by atoms with Gasteiger partial charge in [-0.05, 0) is 64.9 Å². The number of methoxy groups -OCH3 is 2. The van der Waals surface area contributed by atoms with Gasteiger partial charge in [-0.2, -0.15) is 13.2 Å². The van der Waals surface area contributed by atoms with Crippen LogP contribution in [0.5, 0.6) is 5.75 Å². The smallest absolute Gasteiger partial charge is 0.416 e. The molecule has 0 spiro atoms. The van der Waals surface area contributed by atoms with E-state index in [0.717, 1.165) is 29.7 Å². The van der Waals surface area contributed by atoms with E-state index in [0.29, 0.717) is 34.4 Å². The minimum absolute atomic E-state index is 0.00188. The fourth-order valence-corrected chi connectivity index (χ4v) is 4.96. The number of aryl methyl sites for hydroxylation is 1. The molecule has 0 bridgehead atoms. The van der Waals surface area contributed by atoms with Crippen LogP contribution in [0.3, 0.4) is 0 Å². The van der Waals surface area contributed by atoms with Crippen molar-refractivity contribution in [2.75, 3.05) is 14.2 Å². The Morgan fingerprint density at radius 3 is 2.43 bits per heavy atom. The van der Waals surface area contributed by atoms with E-state index in [2.05, 4.69) is 0 Å². The number of hydrogen-bond acceptors (Lipinski definition) is 4. The third-order valence-electron chi connectivity index (χ3n) is 6.79. The molecular weight excluding hydrogens is 483 g/mol. The van der Waals surface area contributed by atoms with Crippen molar-refractivity contribution in [2.24, 2.45) is 0 Å². The Morgan fingerprint density at radius 2 is 1.76 bits per heavy atom. The number of alkyl halides is 3. The third-order valence-corrected chi connectivity index (χ3v) is 6.79. The van der Waals surface area contributed by atoms with E-state index in [1.54, 1.807) is 23.1 Å². The Kier molecular flexibility index (Phi) is 7.57. The van der Waals surface area contributed by atoms with Gasteiger partial charge in [-0.3, -0.25) is 9.59 Å². The summed E-state index contributed by atoms with van der Waals surface area (Å²) >= 11 is 0. The van der Waals surface area contributed by atoms with Gasteiger partial charge >= 0.3 is 12.1 Å². The van der Waals surface area contributed by atoms with E-state index >= 15 is 0 Å². The Balaban J connectivity index is 1.82. The number of carbonyl (C=O) groups is 2. The number of rotatable bonds is 7. The molecule has 0 saturated carbocycles. The van der Waals surface area contributed by atoms with Crippen molar-refractivity contribution in [1.82, 2.24) is 4.90 Å². The summed E-state index contributed by atoms with van der Waals surface area (Å²) in [6.45, 7) is 1.42. The van der Waals surface area contributed by atoms with Crippen LogP contribution in [0.15, 0.2) is 60.7 Å². The van der Waals surface area contributed by atoms with E-state index in [4.69, 9.17) is 9.47 Å². The highest BCUT2D eigenvalue weighted by Crippen LogP contribution is 2.41. The molecular formula is C29H28F3NO4. The zero-order valence-electron chi connectivity index (χ0n) is 20.9. The normalized spacial score (nSPS) is 14.7. The van der Waals surface area contributed by atoms with E-state index in [9.17, 15) is 22.8 Å². The summed E-state index contributed by atoms with van der Waals surface area (Å²) in [6.07, 6.45) is -3.05. The van der Waals surface area contributed by atoms with Crippen LogP contribution in [-0.2, 0) is 39.9 Å². The molecule has 3 aromatic rings. The van der Waals surface area contributed by atoms with Crippen molar-refractivity contribution < 1.29 is 32.2 Å². The second-order valence-corrected chi connectivity index (χ2v) is 9.06. The predicted molar refractivity (Wildman–Crippen MR) is 133 cm³/mol. The summed E-state index contributed by atoms with van der Waals surface area (Å²) < 4.78 is 51.5. The fourth-order valence-electron chi connectivity index (χ4n) is 4.96. The summed E-state index contributed by atoms with van der Waals surface area (Å²) in [5.74, 6) is -0.224. The number of hydrogen-bond donors (Lipinski definition) is 0. The minimum Gasteiger partial charge on any atom is -0.496 e. The quantitative estimate of drug-likeness (QED) is 0.358. The molecule has 0 radical (unpaired) electrons. The van der Waals surface area contributed by atoms with Crippen LogP contribution in [-0.4, -0.2) is 31.0 Å². The Morgan fingerprint density at radius 1 is 1.00 bits per heavy atom.